The van der Waals surface area contributed by atoms with E-state index in [0.29, 0.717) is 17.2 Å². The topological polar surface area (TPSA) is 109 Å². The van der Waals surface area contributed by atoms with E-state index in [-0.39, 0.29) is 40.6 Å². The lowest BCUT2D eigenvalue weighted by atomic mass is 10.0. The molecule has 192 valence electrons. The first kappa shape index (κ1) is 26.9. The lowest BCUT2D eigenvalue weighted by Gasteiger charge is -2.10. The predicted molar refractivity (Wildman–Crippen MR) is 137 cm³/mol. The van der Waals surface area contributed by atoms with Crippen LogP contribution in [0.4, 0.5) is 5.00 Å². The Morgan fingerprint density at radius 1 is 1.06 bits per heavy atom. The molecule has 1 N–H and O–H groups in total. The summed E-state index contributed by atoms with van der Waals surface area (Å²) >= 11 is 0.963. The van der Waals surface area contributed by atoms with Crippen molar-refractivity contribution in [1.82, 2.24) is 9.78 Å². The van der Waals surface area contributed by atoms with Crippen molar-refractivity contribution in [3.05, 3.63) is 63.8 Å². The number of ether oxygens (including phenoxy) is 3. The van der Waals surface area contributed by atoms with Crippen LogP contribution in [-0.2, 0) is 16.2 Å². The summed E-state index contributed by atoms with van der Waals surface area (Å²) in [5, 5.41) is 7.15. The Morgan fingerprint density at radius 3 is 2.36 bits per heavy atom. The second kappa shape index (κ2) is 11.9. The number of carbonyl (C=O) groups is 3. The summed E-state index contributed by atoms with van der Waals surface area (Å²) in [6, 6.07) is 9.35. The van der Waals surface area contributed by atoms with E-state index in [9.17, 15) is 14.4 Å². The van der Waals surface area contributed by atoms with Gasteiger partial charge in [-0.05, 0) is 62.9 Å². The lowest BCUT2D eigenvalue weighted by molar-refractivity contribution is 0.0379. The smallest absolute Gasteiger partial charge is 0.348 e. The zero-order chi connectivity index (χ0) is 26.4. The minimum Gasteiger partial charge on any atom is -0.471 e. The standard InChI is InChI=1S/C26H31N3O6S/c1-7-33-26(32)22-17(6)21(25(31)35-16(4)5)24(36-22)27-23(30)20-12-13-29(28-20)14-34-19-10-8-18(9-11-19)15(2)3/h8-13,15-16H,7,14H2,1-6H3,(H,27,30). The molecule has 10 heteroatoms. The van der Waals surface area contributed by atoms with E-state index in [1.165, 1.54) is 10.2 Å². The molecular formula is C26H31N3O6S. The van der Waals surface area contributed by atoms with Crippen LogP contribution >= 0.6 is 11.3 Å². The number of esters is 2. The third kappa shape index (κ3) is 6.51. The third-order valence-electron chi connectivity index (χ3n) is 5.17. The van der Waals surface area contributed by atoms with Crippen LogP contribution in [0.2, 0.25) is 0 Å². The number of benzene rings is 1. The van der Waals surface area contributed by atoms with E-state index < -0.39 is 17.8 Å². The molecule has 0 radical (unpaired) electrons. The van der Waals surface area contributed by atoms with E-state index in [4.69, 9.17) is 14.2 Å². The monoisotopic (exact) mass is 513 g/mol. The van der Waals surface area contributed by atoms with Gasteiger partial charge in [-0.2, -0.15) is 5.10 Å². The Morgan fingerprint density at radius 2 is 1.75 bits per heavy atom. The number of aromatic nitrogens is 2. The summed E-state index contributed by atoms with van der Waals surface area (Å²) in [5.74, 6) is -0.617. The van der Waals surface area contributed by atoms with E-state index >= 15 is 0 Å². The molecule has 0 fully saturated rings. The van der Waals surface area contributed by atoms with E-state index in [2.05, 4.69) is 24.3 Å². The maximum atomic E-state index is 12.9. The van der Waals surface area contributed by atoms with Crippen molar-refractivity contribution in [2.24, 2.45) is 0 Å². The van der Waals surface area contributed by atoms with Gasteiger partial charge in [0, 0.05) is 6.20 Å². The molecule has 0 unspecified atom stereocenters. The largest absolute Gasteiger partial charge is 0.471 e. The molecule has 3 rings (SSSR count). The average molecular weight is 514 g/mol. The van der Waals surface area contributed by atoms with Crippen LogP contribution in [0.15, 0.2) is 36.5 Å². The van der Waals surface area contributed by atoms with Crippen molar-refractivity contribution in [3.8, 4) is 5.75 Å². The molecule has 0 aliphatic carbocycles. The number of carbonyl (C=O) groups excluding carboxylic acids is 3. The van der Waals surface area contributed by atoms with Crippen molar-refractivity contribution in [3.63, 3.8) is 0 Å². The summed E-state index contributed by atoms with van der Waals surface area (Å²) in [7, 11) is 0. The van der Waals surface area contributed by atoms with Gasteiger partial charge in [0.25, 0.3) is 5.91 Å². The van der Waals surface area contributed by atoms with Crippen LogP contribution < -0.4 is 10.1 Å². The molecule has 1 amide bonds. The van der Waals surface area contributed by atoms with Crippen LogP contribution in [-0.4, -0.2) is 40.3 Å². The molecule has 0 aliphatic rings. The number of anilines is 1. The molecule has 9 nitrogen and oxygen atoms in total. The van der Waals surface area contributed by atoms with Gasteiger partial charge in [-0.1, -0.05) is 26.0 Å². The first-order valence-electron chi connectivity index (χ1n) is 11.7. The molecule has 0 spiro atoms. The van der Waals surface area contributed by atoms with E-state index in [1.807, 2.05) is 24.3 Å². The lowest BCUT2D eigenvalue weighted by Crippen LogP contribution is -2.17. The van der Waals surface area contributed by atoms with Gasteiger partial charge in [-0.15, -0.1) is 11.3 Å². The fourth-order valence-corrected chi connectivity index (χ4v) is 4.41. The molecule has 36 heavy (non-hydrogen) atoms. The Balaban J connectivity index is 1.74. The highest BCUT2D eigenvalue weighted by Crippen LogP contribution is 2.35. The third-order valence-corrected chi connectivity index (χ3v) is 6.35. The fourth-order valence-electron chi connectivity index (χ4n) is 3.32. The minimum atomic E-state index is -0.632. The molecule has 0 bridgehead atoms. The summed E-state index contributed by atoms with van der Waals surface area (Å²) in [5.41, 5.74) is 1.85. The summed E-state index contributed by atoms with van der Waals surface area (Å²) in [4.78, 5) is 38.3. The number of nitrogens with one attached hydrogen (secondary N) is 1. The number of hydrogen-bond donors (Lipinski definition) is 1. The highest BCUT2D eigenvalue weighted by molar-refractivity contribution is 7.18. The zero-order valence-electron chi connectivity index (χ0n) is 21.3. The van der Waals surface area contributed by atoms with Crippen LogP contribution in [0.3, 0.4) is 0 Å². The molecule has 2 aromatic heterocycles. The van der Waals surface area contributed by atoms with Gasteiger partial charge in [0.2, 0.25) is 0 Å². The molecule has 0 aliphatic heterocycles. The normalized spacial score (nSPS) is 11.0. The summed E-state index contributed by atoms with van der Waals surface area (Å²) < 4.78 is 17.7. The van der Waals surface area contributed by atoms with Crippen LogP contribution in [0, 0.1) is 6.92 Å². The zero-order valence-corrected chi connectivity index (χ0v) is 22.1. The molecular weight excluding hydrogens is 482 g/mol. The Bertz CT molecular complexity index is 1230. The fraction of sp³-hybridized carbons (Fsp3) is 0.385. The maximum Gasteiger partial charge on any atom is 0.348 e. The van der Waals surface area contributed by atoms with Crippen LogP contribution in [0.25, 0.3) is 0 Å². The second-order valence-electron chi connectivity index (χ2n) is 8.63. The number of hydrogen-bond acceptors (Lipinski definition) is 8. The first-order valence-corrected chi connectivity index (χ1v) is 12.5. The van der Waals surface area contributed by atoms with Gasteiger partial charge in [-0.25, -0.2) is 14.3 Å². The molecule has 2 heterocycles. The van der Waals surface area contributed by atoms with Crippen molar-refractivity contribution >= 4 is 34.2 Å². The number of nitrogens with zero attached hydrogens (tertiary/aromatic N) is 2. The van der Waals surface area contributed by atoms with Crippen molar-refractivity contribution in [2.45, 2.75) is 60.3 Å². The quantitative estimate of drug-likeness (QED) is 0.361. The summed E-state index contributed by atoms with van der Waals surface area (Å²) in [6.45, 7) is 11.3. The molecule has 0 atom stereocenters. The van der Waals surface area contributed by atoms with Crippen molar-refractivity contribution in [1.29, 1.82) is 0 Å². The Hall–Kier alpha value is -3.66. The minimum absolute atomic E-state index is 0.116. The van der Waals surface area contributed by atoms with Gasteiger partial charge in [0.1, 0.15) is 15.6 Å². The van der Waals surface area contributed by atoms with E-state index in [1.54, 1.807) is 40.0 Å². The number of thiophene rings is 1. The van der Waals surface area contributed by atoms with Crippen molar-refractivity contribution < 1.29 is 28.6 Å². The molecule has 0 saturated heterocycles. The van der Waals surface area contributed by atoms with Gasteiger partial charge in [0.15, 0.2) is 12.4 Å². The van der Waals surface area contributed by atoms with Crippen LogP contribution in [0.1, 0.15) is 82.2 Å². The average Bonchev–Trinajstić information content (AvgIpc) is 3.42. The van der Waals surface area contributed by atoms with E-state index in [0.717, 1.165) is 11.3 Å². The van der Waals surface area contributed by atoms with Crippen LogP contribution in [0.5, 0.6) is 5.75 Å². The number of amides is 1. The first-order chi connectivity index (χ1) is 17.1. The maximum absolute atomic E-state index is 12.9. The molecule has 3 aromatic rings. The van der Waals surface area contributed by atoms with Gasteiger partial charge in [0.05, 0.1) is 18.3 Å². The van der Waals surface area contributed by atoms with Gasteiger partial charge >= 0.3 is 11.9 Å². The highest BCUT2D eigenvalue weighted by Gasteiger charge is 2.28. The van der Waals surface area contributed by atoms with Gasteiger partial charge in [-0.3, -0.25) is 4.79 Å². The number of rotatable bonds is 10. The predicted octanol–water partition coefficient (Wildman–Crippen LogP) is 5.41. The summed E-state index contributed by atoms with van der Waals surface area (Å²) in [6.07, 6.45) is 1.25. The Labute approximate surface area is 214 Å². The molecule has 1 aromatic carbocycles. The molecule has 0 saturated carbocycles. The van der Waals surface area contributed by atoms with Gasteiger partial charge < -0.3 is 19.5 Å². The highest BCUT2D eigenvalue weighted by atomic mass is 32.1. The van der Waals surface area contributed by atoms with Crippen molar-refractivity contribution in [2.75, 3.05) is 11.9 Å². The second-order valence-corrected chi connectivity index (χ2v) is 9.65. The SMILES string of the molecule is CCOC(=O)c1sc(NC(=O)c2ccn(COc3ccc(C(C)C)cc3)n2)c(C(=O)OC(C)C)c1C. The Kier molecular flexibility index (Phi) is 8.87.